The van der Waals surface area contributed by atoms with Crippen LogP contribution in [0.2, 0.25) is 0 Å². The summed E-state index contributed by atoms with van der Waals surface area (Å²) in [6.07, 6.45) is 0. The quantitative estimate of drug-likeness (QED) is 0.413. The van der Waals surface area contributed by atoms with Crippen LogP contribution in [0.1, 0.15) is 28.4 Å². The highest BCUT2D eigenvalue weighted by Crippen LogP contribution is 2.20. The van der Waals surface area contributed by atoms with E-state index in [9.17, 15) is 4.79 Å². The number of methoxy groups -OCH3 is 3. The highest BCUT2D eigenvalue weighted by Gasteiger charge is 2.13. The molecule has 0 aliphatic rings. The molecule has 0 aliphatic heterocycles. The lowest BCUT2D eigenvalue weighted by Crippen LogP contribution is -2.36. The molecule has 150 valence electrons. The van der Waals surface area contributed by atoms with Gasteiger partial charge in [0, 0.05) is 13.1 Å². The first kappa shape index (κ1) is 21.1. The first-order valence-electron chi connectivity index (χ1n) is 9.01. The Morgan fingerprint density at radius 1 is 1.00 bits per heavy atom. The number of carbonyl (C=O) groups excluding carboxylic acids is 1. The van der Waals surface area contributed by atoms with Gasteiger partial charge in [0.15, 0.2) is 5.96 Å². The molecule has 7 nitrogen and oxygen atoms in total. The molecule has 0 aromatic heterocycles. The van der Waals surface area contributed by atoms with E-state index in [2.05, 4.69) is 15.6 Å². The van der Waals surface area contributed by atoms with Crippen molar-refractivity contribution in [2.45, 2.75) is 20.0 Å². The number of rotatable bonds is 8. The van der Waals surface area contributed by atoms with Crippen molar-refractivity contribution in [3.63, 3.8) is 0 Å². The minimum Gasteiger partial charge on any atom is -0.497 e. The summed E-state index contributed by atoms with van der Waals surface area (Å²) in [7, 11) is 4.51. The van der Waals surface area contributed by atoms with Crippen LogP contribution in [0.25, 0.3) is 0 Å². The summed E-state index contributed by atoms with van der Waals surface area (Å²) >= 11 is 0. The third kappa shape index (κ3) is 5.90. The lowest BCUT2D eigenvalue weighted by molar-refractivity contribution is 0.0597. The highest BCUT2D eigenvalue weighted by molar-refractivity contribution is 5.92. The van der Waals surface area contributed by atoms with Crippen LogP contribution in [-0.4, -0.2) is 39.8 Å². The zero-order valence-electron chi connectivity index (χ0n) is 16.7. The van der Waals surface area contributed by atoms with E-state index in [1.54, 1.807) is 19.2 Å². The van der Waals surface area contributed by atoms with E-state index in [1.165, 1.54) is 14.2 Å². The fourth-order valence-corrected chi connectivity index (χ4v) is 2.60. The summed E-state index contributed by atoms with van der Waals surface area (Å²) in [6, 6.07) is 13.2. The molecule has 2 rings (SSSR count). The third-order valence-corrected chi connectivity index (χ3v) is 4.03. The molecule has 2 aromatic rings. The lowest BCUT2D eigenvalue weighted by Gasteiger charge is -2.13. The van der Waals surface area contributed by atoms with Crippen molar-refractivity contribution in [1.29, 1.82) is 0 Å². The van der Waals surface area contributed by atoms with Crippen LogP contribution < -0.4 is 20.1 Å². The molecule has 0 fully saturated rings. The Labute approximate surface area is 165 Å². The maximum absolute atomic E-state index is 11.9. The zero-order chi connectivity index (χ0) is 20.4. The van der Waals surface area contributed by atoms with Crippen LogP contribution in [0.5, 0.6) is 11.5 Å². The summed E-state index contributed by atoms with van der Waals surface area (Å²) in [5.41, 5.74) is 2.35. The van der Waals surface area contributed by atoms with Gasteiger partial charge < -0.3 is 24.8 Å². The van der Waals surface area contributed by atoms with Crippen molar-refractivity contribution in [2.24, 2.45) is 4.99 Å². The Morgan fingerprint density at radius 3 is 2.50 bits per heavy atom. The number of ether oxygens (including phenoxy) is 3. The second-order valence-corrected chi connectivity index (χ2v) is 5.93. The Kier molecular flexibility index (Phi) is 8.14. The van der Waals surface area contributed by atoms with Crippen LogP contribution >= 0.6 is 0 Å². The number of benzene rings is 2. The monoisotopic (exact) mass is 385 g/mol. The molecule has 7 heteroatoms. The lowest BCUT2D eigenvalue weighted by atomic mass is 10.1. The number of aliphatic imine (C=N–C) groups is 1. The SMILES string of the molecule is CCNC(=NCc1cccc(OC)c1)NCc1ccc(OC)c(C(=O)OC)c1. The van der Waals surface area contributed by atoms with Gasteiger partial charge in [-0.25, -0.2) is 9.79 Å². The van der Waals surface area contributed by atoms with Crippen molar-refractivity contribution < 1.29 is 19.0 Å². The number of nitrogens with one attached hydrogen (secondary N) is 2. The first-order valence-corrected chi connectivity index (χ1v) is 9.01. The summed E-state index contributed by atoms with van der Waals surface area (Å²) in [4.78, 5) is 16.5. The molecule has 0 radical (unpaired) electrons. The largest absolute Gasteiger partial charge is 0.497 e. The molecule has 0 bridgehead atoms. The standard InChI is InChI=1S/C21H27N3O4/c1-5-22-21(23-13-15-7-6-8-17(11-15)26-2)24-14-16-9-10-19(27-3)18(12-16)20(25)28-4/h6-12H,5,13-14H2,1-4H3,(H2,22,23,24). The van der Waals surface area contributed by atoms with Crippen molar-refractivity contribution in [1.82, 2.24) is 10.6 Å². The van der Waals surface area contributed by atoms with Gasteiger partial charge in [-0.3, -0.25) is 0 Å². The maximum Gasteiger partial charge on any atom is 0.341 e. The third-order valence-electron chi connectivity index (χ3n) is 4.03. The molecule has 0 atom stereocenters. The first-order chi connectivity index (χ1) is 13.6. The van der Waals surface area contributed by atoms with Crippen LogP contribution in [-0.2, 0) is 17.8 Å². The maximum atomic E-state index is 11.9. The number of esters is 1. The van der Waals surface area contributed by atoms with E-state index in [4.69, 9.17) is 14.2 Å². The fraction of sp³-hybridized carbons (Fsp3) is 0.333. The van der Waals surface area contributed by atoms with E-state index in [-0.39, 0.29) is 0 Å². The molecule has 2 aromatic carbocycles. The number of carbonyl (C=O) groups is 1. The number of hydrogen-bond donors (Lipinski definition) is 2. The van der Waals surface area contributed by atoms with Gasteiger partial charge in [0.25, 0.3) is 0 Å². The van der Waals surface area contributed by atoms with E-state index < -0.39 is 5.97 Å². The topological polar surface area (TPSA) is 81.2 Å². The van der Waals surface area contributed by atoms with Crippen LogP contribution in [0.15, 0.2) is 47.5 Å². The summed E-state index contributed by atoms with van der Waals surface area (Å²) in [5, 5.41) is 6.49. The Morgan fingerprint density at radius 2 is 1.82 bits per heavy atom. The molecular formula is C21H27N3O4. The smallest absolute Gasteiger partial charge is 0.341 e. The van der Waals surface area contributed by atoms with Gasteiger partial charge >= 0.3 is 5.97 Å². The van der Waals surface area contributed by atoms with Crippen LogP contribution in [0, 0.1) is 0 Å². The number of guanidine groups is 1. The molecule has 2 N–H and O–H groups in total. The van der Waals surface area contributed by atoms with E-state index in [0.717, 1.165) is 23.4 Å². The van der Waals surface area contributed by atoms with Gasteiger partial charge in [0.05, 0.1) is 27.9 Å². The van der Waals surface area contributed by atoms with Gasteiger partial charge in [0.1, 0.15) is 17.1 Å². The van der Waals surface area contributed by atoms with Gasteiger partial charge in [-0.05, 0) is 42.3 Å². The predicted molar refractivity (Wildman–Crippen MR) is 109 cm³/mol. The summed E-state index contributed by atoms with van der Waals surface area (Å²) < 4.78 is 15.3. The van der Waals surface area contributed by atoms with Crippen molar-refractivity contribution in [3.05, 3.63) is 59.2 Å². The molecule has 0 amide bonds. The minimum absolute atomic E-state index is 0.391. The molecule has 28 heavy (non-hydrogen) atoms. The fourth-order valence-electron chi connectivity index (χ4n) is 2.60. The summed E-state index contributed by atoms with van der Waals surface area (Å²) in [5.74, 6) is 1.53. The number of hydrogen-bond acceptors (Lipinski definition) is 5. The molecule has 0 saturated heterocycles. The van der Waals surface area contributed by atoms with Crippen molar-refractivity contribution in [2.75, 3.05) is 27.9 Å². The van der Waals surface area contributed by atoms with Gasteiger partial charge in [-0.1, -0.05) is 18.2 Å². The minimum atomic E-state index is -0.433. The number of nitrogens with zero attached hydrogens (tertiary/aromatic N) is 1. The normalized spacial score (nSPS) is 10.9. The van der Waals surface area contributed by atoms with E-state index in [0.29, 0.717) is 30.4 Å². The second kappa shape index (κ2) is 10.8. The van der Waals surface area contributed by atoms with Gasteiger partial charge in [-0.2, -0.15) is 0 Å². The van der Waals surface area contributed by atoms with Gasteiger partial charge in [-0.15, -0.1) is 0 Å². The summed E-state index contributed by atoms with van der Waals surface area (Å²) in [6.45, 7) is 3.76. The van der Waals surface area contributed by atoms with Crippen molar-refractivity contribution >= 4 is 11.9 Å². The van der Waals surface area contributed by atoms with E-state index in [1.807, 2.05) is 37.3 Å². The second-order valence-electron chi connectivity index (χ2n) is 5.93. The Bertz CT molecular complexity index is 821. The zero-order valence-corrected chi connectivity index (χ0v) is 16.7. The molecular weight excluding hydrogens is 358 g/mol. The van der Waals surface area contributed by atoms with Crippen LogP contribution in [0.3, 0.4) is 0 Å². The van der Waals surface area contributed by atoms with E-state index >= 15 is 0 Å². The predicted octanol–water partition coefficient (Wildman–Crippen LogP) is 2.75. The molecule has 0 aliphatic carbocycles. The highest BCUT2D eigenvalue weighted by atomic mass is 16.5. The Balaban J connectivity index is 2.09. The van der Waals surface area contributed by atoms with Crippen molar-refractivity contribution in [3.8, 4) is 11.5 Å². The average molecular weight is 385 g/mol. The molecule has 0 unspecified atom stereocenters. The molecule has 0 saturated carbocycles. The van der Waals surface area contributed by atoms with Gasteiger partial charge in [0.2, 0.25) is 0 Å². The molecule has 0 spiro atoms. The van der Waals surface area contributed by atoms with Crippen LogP contribution in [0.4, 0.5) is 0 Å². The Hall–Kier alpha value is -3.22. The molecule has 0 heterocycles. The average Bonchev–Trinajstić information content (AvgIpc) is 2.75.